The Labute approximate surface area is 102 Å². The van der Waals surface area contributed by atoms with E-state index in [2.05, 4.69) is 17.1 Å². The first-order valence-corrected chi connectivity index (χ1v) is 6.39. The normalized spacial score (nSPS) is 22.9. The molecule has 1 aliphatic heterocycles. The number of halogens is 3. The molecule has 0 spiro atoms. The number of hydrogen-bond acceptors (Lipinski definition) is 3. The molecule has 1 aliphatic rings. The van der Waals surface area contributed by atoms with Crippen LogP contribution in [0.3, 0.4) is 0 Å². The molecule has 6 heteroatoms. The number of piperazine rings is 1. The molecular formula is C11H15F3N2S. The topological polar surface area (TPSA) is 15.3 Å². The molecule has 96 valence electrons. The second-order valence-electron chi connectivity index (χ2n) is 4.29. The van der Waals surface area contributed by atoms with Gasteiger partial charge in [0.15, 0.2) is 0 Å². The highest BCUT2D eigenvalue weighted by Crippen LogP contribution is 2.35. The fraction of sp³-hybridized carbons (Fsp3) is 0.636. The van der Waals surface area contributed by atoms with Crippen LogP contribution < -0.4 is 5.32 Å². The fourth-order valence-electron chi connectivity index (χ4n) is 1.93. The molecule has 2 heterocycles. The molecule has 0 radical (unpaired) electrons. The highest BCUT2D eigenvalue weighted by molar-refractivity contribution is 7.12. The molecule has 1 saturated heterocycles. The lowest BCUT2D eigenvalue weighted by molar-refractivity contribution is -0.134. The first-order valence-electron chi connectivity index (χ1n) is 5.57. The zero-order chi connectivity index (χ0) is 12.5. The largest absolute Gasteiger partial charge is 0.425 e. The number of thiophene rings is 1. The molecule has 1 aromatic rings. The van der Waals surface area contributed by atoms with Gasteiger partial charge in [0.05, 0.1) is 0 Å². The molecule has 1 N–H and O–H groups in total. The van der Waals surface area contributed by atoms with Gasteiger partial charge in [-0.25, -0.2) is 0 Å². The Morgan fingerprint density at radius 1 is 1.47 bits per heavy atom. The van der Waals surface area contributed by atoms with Crippen molar-refractivity contribution < 1.29 is 13.2 Å². The summed E-state index contributed by atoms with van der Waals surface area (Å²) >= 11 is 0.848. The van der Waals surface area contributed by atoms with Gasteiger partial charge in [0.2, 0.25) is 0 Å². The second kappa shape index (κ2) is 4.96. The maximum atomic E-state index is 12.4. The average Bonchev–Trinajstić information content (AvgIpc) is 2.69. The molecule has 1 unspecified atom stereocenters. The summed E-state index contributed by atoms with van der Waals surface area (Å²) in [6.45, 7) is 5.40. The highest BCUT2D eigenvalue weighted by Gasteiger charge is 2.32. The van der Waals surface area contributed by atoms with E-state index in [0.717, 1.165) is 35.8 Å². The Bertz CT molecular complexity index is 375. The molecule has 0 amide bonds. The van der Waals surface area contributed by atoms with E-state index in [1.54, 1.807) is 6.07 Å². The van der Waals surface area contributed by atoms with Crippen molar-refractivity contribution in [3.63, 3.8) is 0 Å². The third-order valence-electron chi connectivity index (χ3n) is 2.94. The Kier molecular flexibility index (Phi) is 3.75. The van der Waals surface area contributed by atoms with E-state index >= 15 is 0 Å². The summed E-state index contributed by atoms with van der Waals surface area (Å²) in [4.78, 5) is 2.49. The van der Waals surface area contributed by atoms with Crippen molar-refractivity contribution in [2.45, 2.75) is 25.7 Å². The molecule has 0 aromatic carbocycles. The number of alkyl halides is 3. The first kappa shape index (κ1) is 12.9. The number of nitrogens with zero attached hydrogens (tertiary/aromatic N) is 1. The maximum Gasteiger partial charge on any atom is 0.425 e. The average molecular weight is 264 g/mol. The van der Waals surface area contributed by atoms with Crippen LogP contribution >= 0.6 is 11.3 Å². The van der Waals surface area contributed by atoms with E-state index in [1.165, 1.54) is 6.07 Å². The van der Waals surface area contributed by atoms with Crippen molar-refractivity contribution in [3.05, 3.63) is 21.9 Å². The third kappa shape index (κ3) is 3.20. The zero-order valence-electron chi connectivity index (χ0n) is 9.55. The fourth-order valence-corrected chi connectivity index (χ4v) is 2.83. The van der Waals surface area contributed by atoms with Crippen LogP contribution in [-0.4, -0.2) is 30.6 Å². The Morgan fingerprint density at radius 2 is 2.24 bits per heavy atom. The van der Waals surface area contributed by atoms with Crippen LogP contribution in [0.1, 0.15) is 16.7 Å². The number of hydrogen-bond donors (Lipinski definition) is 1. The van der Waals surface area contributed by atoms with Gasteiger partial charge in [0.1, 0.15) is 4.88 Å². The molecule has 17 heavy (non-hydrogen) atoms. The van der Waals surface area contributed by atoms with E-state index in [4.69, 9.17) is 0 Å². The smallest absolute Gasteiger partial charge is 0.314 e. The summed E-state index contributed by atoms with van der Waals surface area (Å²) in [7, 11) is 0. The van der Waals surface area contributed by atoms with Gasteiger partial charge in [0.25, 0.3) is 0 Å². The lowest BCUT2D eigenvalue weighted by Crippen LogP contribution is -2.49. The van der Waals surface area contributed by atoms with Gasteiger partial charge in [0, 0.05) is 37.1 Å². The van der Waals surface area contributed by atoms with E-state index < -0.39 is 11.1 Å². The summed E-state index contributed by atoms with van der Waals surface area (Å²) in [5.74, 6) is 0. The van der Waals surface area contributed by atoms with Crippen molar-refractivity contribution in [1.29, 1.82) is 0 Å². The number of nitrogens with one attached hydrogen (secondary N) is 1. The van der Waals surface area contributed by atoms with Crippen LogP contribution in [0.15, 0.2) is 12.1 Å². The second-order valence-corrected chi connectivity index (χ2v) is 5.46. The standard InChI is InChI=1S/C11H15F3N2S/c1-8-6-15-4-5-16(8)7-9-2-3-10(17-9)11(12,13)14/h2-3,8,15H,4-7H2,1H3. The maximum absolute atomic E-state index is 12.4. The minimum absolute atomic E-state index is 0.375. The molecule has 0 bridgehead atoms. The predicted molar refractivity (Wildman–Crippen MR) is 62.1 cm³/mol. The zero-order valence-corrected chi connectivity index (χ0v) is 10.4. The lowest BCUT2D eigenvalue weighted by Gasteiger charge is -2.33. The van der Waals surface area contributed by atoms with Crippen LogP contribution in [0.25, 0.3) is 0 Å². The Hall–Kier alpha value is -0.590. The van der Waals surface area contributed by atoms with Gasteiger partial charge in [-0.05, 0) is 19.1 Å². The minimum Gasteiger partial charge on any atom is -0.314 e. The summed E-state index contributed by atoms with van der Waals surface area (Å²) in [5, 5.41) is 3.26. The minimum atomic E-state index is -4.21. The van der Waals surface area contributed by atoms with Gasteiger partial charge < -0.3 is 5.32 Å². The van der Waals surface area contributed by atoms with Crippen LogP contribution in [0, 0.1) is 0 Å². The molecule has 1 fully saturated rings. The predicted octanol–water partition coefficient (Wildman–Crippen LogP) is 2.56. The molecule has 2 nitrogen and oxygen atoms in total. The summed E-state index contributed by atoms with van der Waals surface area (Å²) in [6.07, 6.45) is -4.21. The monoisotopic (exact) mass is 264 g/mol. The quantitative estimate of drug-likeness (QED) is 0.883. The van der Waals surface area contributed by atoms with Gasteiger partial charge in [-0.1, -0.05) is 0 Å². The van der Waals surface area contributed by atoms with E-state index in [-0.39, 0.29) is 0 Å². The van der Waals surface area contributed by atoms with Gasteiger partial charge in [-0.2, -0.15) is 13.2 Å². The molecule has 1 aromatic heterocycles. The SMILES string of the molecule is CC1CNCCN1Cc1ccc(C(F)(F)F)s1. The summed E-state index contributed by atoms with van der Waals surface area (Å²) < 4.78 is 37.3. The van der Waals surface area contributed by atoms with Crippen molar-refractivity contribution in [1.82, 2.24) is 10.2 Å². The Morgan fingerprint density at radius 3 is 2.82 bits per heavy atom. The molecule has 0 saturated carbocycles. The number of rotatable bonds is 2. The van der Waals surface area contributed by atoms with Crippen LogP contribution in [-0.2, 0) is 12.7 Å². The summed E-state index contributed by atoms with van der Waals surface area (Å²) in [5.41, 5.74) is 0. The molecule has 0 aliphatic carbocycles. The van der Waals surface area contributed by atoms with Crippen molar-refractivity contribution in [2.24, 2.45) is 0 Å². The Balaban J connectivity index is 2.01. The van der Waals surface area contributed by atoms with Gasteiger partial charge in [-0.3, -0.25) is 4.90 Å². The van der Waals surface area contributed by atoms with Crippen LogP contribution in [0.5, 0.6) is 0 Å². The summed E-state index contributed by atoms with van der Waals surface area (Å²) in [6, 6.07) is 3.13. The first-order chi connectivity index (χ1) is 7.97. The van der Waals surface area contributed by atoms with E-state index in [0.29, 0.717) is 12.6 Å². The van der Waals surface area contributed by atoms with Crippen molar-refractivity contribution in [3.8, 4) is 0 Å². The van der Waals surface area contributed by atoms with Crippen molar-refractivity contribution >= 4 is 11.3 Å². The molecular weight excluding hydrogens is 249 g/mol. The lowest BCUT2D eigenvalue weighted by atomic mass is 10.2. The van der Waals surface area contributed by atoms with Gasteiger partial charge in [-0.15, -0.1) is 11.3 Å². The van der Waals surface area contributed by atoms with E-state index in [1.807, 2.05) is 0 Å². The van der Waals surface area contributed by atoms with Crippen LogP contribution in [0.4, 0.5) is 13.2 Å². The highest BCUT2D eigenvalue weighted by atomic mass is 32.1. The third-order valence-corrected chi connectivity index (χ3v) is 4.05. The van der Waals surface area contributed by atoms with Crippen LogP contribution in [0.2, 0.25) is 0 Å². The van der Waals surface area contributed by atoms with Crippen molar-refractivity contribution in [2.75, 3.05) is 19.6 Å². The van der Waals surface area contributed by atoms with Gasteiger partial charge >= 0.3 is 6.18 Å². The molecule has 2 rings (SSSR count). The molecule has 1 atom stereocenters. The van der Waals surface area contributed by atoms with E-state index in [9.17, 15) is 13.2 Å².